The molecule has 7 nitrogen and oxygen atoms in total. The van der Waals surface area contributed by atoms with Gasteiger partial charge in [0.05, 0.1) is 11.4 Å². The Morgan fingerprint density at radius 2 is 1.94 bits per heavy atom. The van der Waals surface area contributed by atoms with E-state index < -0.39 is 0 Å². The molecule has 1 fully saturated rings. The number of phenols is 1. The van der Waals surface area contributed by atoms with Crippen LogP contribution < -0.4 is 10.6 Å². The summed E-state index contributed by atoms with van der Waals surface area (Å²) in [5.41, 5.74) is 3.99. The zero-order chi connectivity index (χ0) is 23.4. The molecule has 0 saturated heterocycles. The van der Waals surface area contributed by atoms with Crippen molar-refractivity contribution >= 4 is 17.6 Å². The van der Waals surface area contributed by atoms with Crippen molar-refractivity contribution in [2.75, 3.05) is 11.9 Å². The Balaban J connectivity index is 1.61. The predicted molar refractivity (Wildman–Crippen MR) is 129 cm³/mol. The van der Waals surface area contributed by atoms with E-state index in [1.165, 1.54) is 10.7 Å². The van der Waals surface area contributed by atoms with Crippen LogP contribution in [0.1, 0.15) is 53.7 Å². The molecule has 1 saturated carbocycles. The van der Waals surface area contributed by atoms with Crippen LogP contribution in [0.2, 0.25) is 0 Å². The molecule has 170 valence electrons. The van der Waals surface area contributed by atoms with Crippen LogP contribution in [-0.2, 0) is 6.42 Å². The average molecular weight is 445 g/mol. The first-order valence-electron chi connectivity index (χ1n) is 11.2. The van der Waals surface area contributed by atoms with Crippen molar-refractivity contribution in [1.29, 1.82) is 0 Å². The van der Waals surface area contributed by atoms with Crippen LogP contribution in [0.5, 0.6) is 5.75 Å². The molecule has 1 aliphatic rings. The van der Waals surface area contributed by atoms with Crippen molar-refractivity contribution in [3.63, 3.8) is 0 Å². The van der Waals surface area contributed by atoms with E-state index in [2.05, 4.69) is 29.2 Å². The highest BCUT2D eigenvalue weighted by molar-refractivity contribution is 6.04. The number of nitrogens with zero attached hydrogens (tertiary/aromatic N) is 2. The number of aromatic nitrogens is 2. The molecule has 4 rings (SSSR count). The van der Waals surface area contributed by atoms with Gasteiger partial charge in [-0.2, -0.15) is 9.78 Å². The minimum Gasteiger partial charge on any atom is -0.507 e. The van der Waals surface area contributed by atoms with Crippen molar-refractivity contribution in [2.45, 2.75) is 38.5 Å². The smallest absolute Gasteiger partial charge is 0.342 e. The van der Waals surface area contributed by atoms with Gasteiger partial charge in [-0.3, -0.25) is 4.79 Å². The summed E-state index contributed by atoms with van der Waals surface area (Å²) in [7, 11) is 0. The second-order valence-electron chi connectivity index (χ2n) is 8.21. The van der Waals surface area contributed by atoms with E-state index in [0.29, 0.717) is 29.1 Å². The van der Waals surface area contributed by atoms with E-state index in [1.807, 2.05) is 18.2 Å². The monoisotopic (exact) mass is 444 g/mol. The molecular weight excluding hydrogens is 416 g/mol. The number of rotatable bonds is 7. The SMILES string of the molecule is C=CCNC(=O)n1nc(-c2cc(NC(=O)c3ccc(CC)cc3)ccc2O)cc1C1CCC1. The molecular formula is C26H28N4O3. The van der Waals surface area contributed by atoms with Crippen LogP contribution in [-0.4, -0.2) is 33.4 Å². The fraction of sp³-hybridized carbons (Fsp3) is 0.269. The first kappa shape index (κ1) is 22.3. The number of phenolic OH excluding ortho intramolecular Hbond substituents is 1. The van der Waals surface area contributed by atoms with Gasteiger partial charge in [0, 0.05) is 29.3 Å². The number of carbonyl (C=O) groups is 2. The zero-order valence-corrected chi connectivity index (χ0v) is 18.7. The van der Waals surface area contributed by atoms with Crippen molar-refractivity contribution < 1.29 is 14.7 Å². The molecule has 3 aromatic rings. The lowest BCUT2D eigenvalue weighted by molar-refractivity contribution is 0.102. The van der Waals surface area contributed by atoms with Gasteiger partial charge in [0.15, 0.2) is 0 Å². The normalized spacial score (nSPS) is 13.2. The van der Waals surface area contributed by atoms with Crippen LogP contribution in [0.3, 0.4) is 0 Å². The second-order valence-corrected chi connectivity index (χ2v) is 8.21. The molecule has 2 amide bonds. The summed E-state index contributed by atoms with van der Waals surface area (Å²) in [6.07, 6.45) is 5.63. The maximum atomic E-state index is 12.7. The molecule has 1 aliphatic carbocycles. The van der Waals surface area contributed by atoms with Crippen molar-refractivity contribution in [2.24, 2.45) is 0 Å². The van der Waals surface area contributed by atoms with Gasteiger partial charge in [0.2, 0.25) is 0 Å². The van der Waals surface area contributed by atoms with E-state index in [1.54, 1.807) is 30.3 Å². The van der Waals surface area contributed by atoms with Crippen LogP contribution in [0.25, 0.3) is 11.3 Å². The van der Waals surface area contributed by atoms with Gasteiger partial charge in [-0.05, 0) is 61.2 Å². The third kappa shape index (κ3) is 4.82. The number of aromatic hydroxyl groups is 1. The zero-order valence-electron chi connectivity index (χ0n) is 18.7. The summed E-state index contributed by atoms with van der Waals surface area (Å²) in [6.45, 7) is 6.03. The summed E-state index contributed by atoms with van der Waals surface area (Å²) in [6, 6.07) is 13.8. The molecule has 0 spiro atoms. The lowest BCUT2D eigenvalue weighted by Gasteiger charge is -2.25. The van der Waals surface area contributed by atoms with Crippen LogP contribution in [0.15, 0.2) is 61.2 Å². The molecule has 7 heteroatoms. The van der Waals surface area contributed by atoms with Crippen LogP contribution in [0, 0.1) is 0 Å². The quantitative estimate of drug-likeness (QED) is 0.350. The summed E-state index contributed by atoms with van der Waals surface area (Å²) < 4.78 is 1.38. The molecule has 33 heavy (non-hydrogen) atoms. The highest BCUT2D eigenvalue weighted by Crippen LogP contribution is 2.39. The Morgan fingerprint density at radius 3 is 2.58 bits per heavy atom. The lowest BCUT2D eigenvalue weighted by atomic mass is 9.82. The first-order valence-corrected chi connectivity index (χ1v) is 11.2. The molecule has 2 aromatic carbocycles. The van der Waals surface area contributed by atoms with Gasteiger partial charge in [0.25, 0.3) is 5.91 Å². The maximum Gasteiger partial charge on any atom is 0.342 e. The van der Waals surface area contributed by atoms with Crippen molar-refractivity contribution in [3.8, 4) is 17.0 Å². The van der Waals surface area contributed by atoms with E-state index in [0.717, 1.165) is 36.9 Å². The summed E-state index contributed by atoms with van der Waals surface area (Å²) in [5.74, 6) is 0.0484. The third-order valence-electron chi connectivity index (χ3n) is 6.01. The summed E-state index contributed by atoms with van der Waals surface area (Å²) in [4.78, 5) is 25.3. The van der Waals surface area contributed by atoms with Gasteiger partial charge < -0.3 is 15.7 Å². The van der Waals surface area contributed by atoms with E-state index in [4.69, 9.17) is 0 Å². The fourth-order valence-corrected chi connectivity index (χ4v) is 3.83. The average Bonchev–Trinajstić information content (AvgIpc) is 3.22. The van der Waals surface area contributed by atoms with Crippen molar-refractivity contribution in [1.82, 2.24) is 15.1 Å². The lowest BCUT2D eigenvalue weighted by Crippen LogP contribution is -2.32. The number of carbonyl (C=O) groups excluding carboxylic acids is 2. The number of anilines is 1. The third-order valence-corrected chi connectivity index (χ3v) is 6.01. The van der Waals surface area contributed by atoms with E-state index in [9.17, 15) is 14.7 Å². The topological polar surface area (TPSA) is 96.3 Å². The second kappa shape index (κ2) is 9.73. The Kier molecular flexibility index (Phi) is 6.58. The Hall–Kier alpha value is -3.87. The van der Waals surface area contributed by atoms with Gasteiger partial charge >= 0.3 is 6.03 Å². The first-order chi connectivity index (χ1) is 16.0. The van der Waals surface area contributed by atoms with Crippen LogP contribution in [0.4, 0.5) is 10.5 Å². The minimum absolute atomic E-state index is 0.0246. The molecule has 0 aliphatic heterocycles. The van der Waals surface area contributed by atoms with Gasteiger partial charge in [0.1, 0.15) is 5.75 Å². The van der Waals surface area contributed by atoms with Gasteiger partial charge in [-0.15, -0.1) is 6.58 Å². The Labute approximate surface area is 193 Å². The largest absolute Gasteiger partial charge is 0.507 e. The number of hydrogen-bond donors (Lipinski definition) is 3. The minimum atomic E-state index is -0.331. The molecule has 0 bridgehead atoms. The number of nitrogens with one attached hydrogen (secondary N) is 2. The molecule has 1 heterocycles. The molecule has 3 N–H and O–H groups in total. The standard InChI is InChI=1S/C26H28N4O3/c1-3-14-27-26(33)30-23(18-6-5-7-18)16-22(29-30)21-15-20(12-13-24(21)31)28-25(32)19-10-8-17(4-2)9-11-19/h3,8-13,15-16,18,31H,1,4-7,14H2,2H3,(H,27,33)(H,28,32). The van der Waals surface area contributed by atoms with Gasteiger partial charge in [-0.25, -0.2) is 4.79 Å². The Bertz CT molecular complexity index is 1180. The fourth-order valence-electron chi connectivity index (χ4n) is 3.83. The van der Waals surface area contributed by atoms with E-state index in [-0.39, 0.29) is 23.6 Å². The number of amides is 2. The number of hydrogen-bond acceptors (Lipinski definition) is 4. The van der Waals surface area contributed by atoms with E-state index >= 15 is 0 Å². The molecule has 0 unspecified atom stereocenters. The Morgan fingerprint density at radius 1 is 1.18 bits per heavy atom. The molecule has 0 atom stereocenters. The van der Waals surface area contributed by atoms with Gasteiger partial charge in [-0.1, -0.05) is 31.6 Å². The highest BCUT2D eigenvalue weighted by Gasteiger charge is 2.27. The van der Waals surface area contributed by atoms with Crippen LogP contribution >= 0.6 is 0 Å². The molecule has 1 aromatic heterocycles. The predicted octanol–water partition coefficient (Wildman–Crippen LogP) is 5.08. The number of benzene rings is 2. The summed E-state index contributed by atoms with van der Waals surface area (Å²) >= 11 is 0. The number of aryl methyl sites for hydroxylation is 1. The molecule has 0 radical (unpaired) electrons. The van der Waals surface area contributed by atoms with Crippen molar-refractivity contribution in [3.05, 3.63) is 78.0 Å². The summed E-state index contributed by atoms with van der Waals surface area (Å²) in [5, 5.41) is 20.6. The maximum absolute atomic E-state index is 12.7. The highest BCUT2D eigenvalue weighted by atomic mass is 16.3.